The van der Waals surface area contributed by atoms with Crippen LogP contribution in [0.4, 0.5) is 0 Å². The van der Waals surface area contributed by atoms with Crippen LogP contribution in [-0.2, 0) is 35.9 Å². The Kier molecular flexibility index (Phi) is 19.3. The third kappa shape index (κ3) is 15.7. The standard InChI is InChI=1S/C18H33BN3O6PS.C17H29BN3O6PS/c1-12(2)20-6-5-7-25-29(4)28-14-8-16(27-15(14)10-26-30-11-19)22-9-13(3)17(23)21-18(22)24;1-11(2)21-5-4-6-24-28(21)27-13-7-15(26-14(13)9-25-29-10-18)20-8-12(3)16(22)19-17(20)23/h9,12,14-16,20H,5-8,10-11,19H2,1-4H3,(H,21,23,24);8,11,13-15H,4-7,9-10,18H2,1-3H3,(H,19,22,23)/i19TD;18TD. The molecule has 2 aromatic heterocycles. The number of aryl methyl sites for hydroxylation is 2. The fourth-order valence-corrected chi connectivity index (χ4v) is 9.70. The van der Waals surface area contributed by atoms with E-state index in [0.29, 0.717) is 43.2 Å². The summed E-state index contributed by atoms with van der Waals surface area (Å²) >= 11 is 2.08. The summed E-state index contributed by atoms with van der Waals surface area (Å²) in [6.07, 6.45) is 2.70. The highest BCUT2D eigenvalue weighted by Crippen LogP contribution is 2.50. The first-order chi connectivity index (χ1) is 29.9. The van der Waals surface area contributed by atoms with Crippen molar-refractivity contribution in [3.8, 4) is 0 Å². The van der Waals surface area contributed by atoms with Gasteiger partial charge < -0.3 is 41.3 Å². The van der Waals surface area contributed by atoms with Crippen molar-refractivity contribution in [2.75, 3.05) is 57.5 Å². The minimum atomic E-state index is -1.26. The largest absolute Gasteiger partial charge is 0.349 e. The van der Waals surface area contributed by atoms with Gasteiger partial charge in [-0.1, -0.05) is 13.8 Å². The third-order valence-corrected chi connectivity index (χ3v) is 13.2. The highest BCUT2D eigenvalue weighted by atomic mass is 32.2. The van der Waals surface area contributed by atoms with E-state index >= 15 is 0 Å². The van der Waals surface area contributed by atoms with Crippen LogP contribution in [0.3, 0.4) is 0 Å². The van der Waals surface area contributed by atoms with Gasteiger partial charge in [0.1, 0.15) is 40.2 Å². The molecule has 0 bridgehead atoms. The Morgan fingerprint density at radius 2 is 1.53 bits per heavy atom. The molecule has 0 spiro atoms. The third-order valence-electron chi connectivity index (χ3n) is 9.24. The molecule has 0 aromatic carbocycles. The predicted molar refractivity (Wildman–Crippen MR) is 239 cm³/mol. The van der Waals surface area contributed by atoms with Crippen LogP contribution in [0, 0.1) is 13.8 Å². The molecule has 59 heavy (non-hydrogen) atoms. The molecule has 5 rings (SSSR count). The number of ether oxygens (including phenoxy) is 2. The van der Waals surface area contributed by atoms with Gasteiger partial charge >= 0.3 is 11.4 Å². The van der Waals surface area contributed by atoms with E-state index in [-0.39, 0.29) is 42.8 Å². The van der Waals surface area contributed by atoms with Crippen LogP contribution in [0.25, 0.3) is 0 Å². The van der Waals surface area contributed by atoms with Gasteiger partial charge in [-0.15, -0.1) is 0 Å². The van der Waals surface area contributed by atoms with E-state index in [0.717, 1.165) is 50.0 Å². The molecule has 2 aromatic rings. The molecule has 0 radical (unpaired) electrons. The quantitative estimate of drug-likeness (QED) is 0.0635. The summed E-state index contributed by atoms with van der Waals surface area (Å²) in [6, 6.07) is 0.700. The maximum Gasteiger partial charge on any atom is 0.330 e. The van der Waals surface area contributed by atoms with Crippen LogP contribution in [-0.4, -0.2) is 139 Å². The summed E-state index contributed by atoms with van der Waals surface area (Å²) in [5.74, 6) is 0. The van der Waals surface area contributed by atoms with Gasteiger partial charge in [0.2, 0.25) is 0 Å². The highest BCUT2D eigenvalue weighted by molar-refractivity contribution is 7.95. The van der Waals surface area contributed by atoms with E-state index in [4.69, 9.17) is 41.3 Å². The second-order valence-corrected chi connectivity index (χ2v) is 18.9. The number of nitrogens with zero attached hydrogens (tertiary/aromatic N) is 3. The van der Waals surface area contributed by atoms with Crippen LogP contribution in [0.2, 0.25) is 0 Å². The first-order valence-corrected chi connectivity index (χ1v) is 24.3. The summed E-state index contributed by atoms with van der Waals surface area (Å²) in [6.45, 7) is 16.8. The van der Waals surface area contributed by atoms with E-state index in [2.05, 4.69) is 47.7 Å². The predicted octanol–water partition coefficient (Wildman–Crippen LogP) is 2.25. The van der Waals surface area contributed by atoms with Gasteiger partial charge in [0.05, 0.1) is 38.6 Å². The highest BCUT2D eigenvalue weighted by Gasteiger charge is 2.42. The Labute approximate surface area is 364 Å². The number of aromatic amines is 2. The average molecular weight is 913 g/mol. The zero-order chi connectivity index (χ0) is 46.2. The van der Waals surface area contributed by atoms with Crippen molar-refractivity contribution < 1.29 is 35.9 Å². The Balaban J connectivity index is 0.000000277. The molecule has 5 heterocycles. The summed E-state index contributed by atoms with van der Waals surface area (Å²) in [7, 11) is -4.38. The number of H-pyrrole nitrogens is 2. The minimum Gasteiger partial charge on any atom is -0.349 e. The molecular weight excluding hydrogens is 844 g/mol. The lowest BCUT2D eigenvalue weighted by Gasteiger charge is -2.37. The van der Waals surface area contributed by atoms with Crippen LogP contribution in [0.5, 0.6) is 0 Å². The van der Waals surface area contributed by atoms with E-state index in [1.807, 2.05) is 6.66 Å². The molecule has 0 saturated carbocycles. The van der Waals surface area contributed by atoms with Crippen LogP contribution < -0.4 is 27.8 Å². The van der Waals surface area contributed by atoms with Crippen molar-refractivity contribution in [3.05, 3.63) is 65.2 Å². The Morgan fingerprint density at radius 1 is 0.966 bits per heavy atom. The monoisotopic (exact) mass is 912 g/mol. The lowest BCUT2D eigenvalue weighted by molar-refractivity contribution is -0.0365. The van der Waals surface area contributed by atoms with Crippen LogP contribution in [0.1, 0.15) is 77.0 Å². The van der Waals surface area contributed by atoms with Crippen molar-refractivity contribution in [3.63, 3.8) is 0 Å². The molecule has 18 nitrogen and oxygen atoms in total. The van der Waals surface area contributed by atoms with Gasteiger partial charge in [-0.2, -0.15) is 0 Å². The number of rotatable bonds is 23. The van der Waals surface area contributed by atoms with E-state index in [1.54, 1.807) is 13.8 Å². The molecule has 0 aliphatic carbocycles. The number of hydrogen-bond acceptors (Lipinski definition) is 16. The van der Waals surface area contributed by atoms with Gasteiger partial charge in [0.25, 0.3) is 19.6 Å². The van der Waals surface area contributed by atoms with E-state index in [1.165, 1.54) is 21.5 Å². The molecule has 3 aliphatic rings. The summed E-state index contributed by atoms with van der Waals surface area (Å²) < 4.78 is 81.4. The van der Waals surface area contributed by atoms with Crippen molar-refractivity contribution in [1.82, 2.24) is 29.1 Å². The molecule has 0 amide bonds. The topological polar surface area (TPSA) is 199 Å². The fourth-order valence-electron chi connectivity index (χ4n) is 6.25. The van der Waals surface area contributed by atoms with Crippen molar-refractivity contribution in [1.29, 1.82) is 5.34 Å². The number of aromatic nitrogens is 4. The van der Waals surface area contributed by atoms with Gasteiger partial charge in [-0.25, -0.2) is 14.3 Å². The van der Waals surface area contributed by atoms with Gasteiger partial charge in [0.15, 0.2) is 8.38 Å². The molecular formula is C35H62B2N6O12P2S2. The van der Waals surface area contributed by atoms with Crippen molar-refractivity contribution in [2.24, 2.45) is 0 Å². The molecule has 8 unspecified atom stereocenters. The maximum absolute atomic E-state index is 12.3. The van der Waals surface area contributed by atoms with E-state index < -0.39 is 79.6 Å². The van der Waals surface area contributed by atoms with Crippen molar-refractivity contribution in [2.45, 2.75) is 116 Å². The van der Waals surface area contributed by atoms with E-state index in [9.17, 15) is 19.2 Å². The zero-order valence-electron chi connectivity index (χ0n) is 38.9. The lowest BCUT2D eigenvalue weighted by Crippen LogP contribution is -2.35. The molecule has 3 aliphatic heterocycles. The first-order valence-electron chi connectivity index (χ1n) is 22.0. The maximum atomic E-state index is 12.3. The van der Waals surface area contributed by atoms with Crippen LogP contribution in [0.15, 0.2) is 31.6 Å². The average Bonchev–Trinajstić information content (AvgIpc) is 3.80. The van der Waals surface area contributed by atoms with Crippen molar-refractivity contribution >= 4 is 56.5 Å². The summed E-state index contributed by atoms with van der Waals surface area (Å²) in [4.78, 5) is 52.6. The SMILES string of the molecule is [2H]B([3H])CSOCC1OC(n2cc(C)c(=O)[nH]c2=O)CC1OP(C)OCCCNC(C)C.[2H]B([3H])CSOCC1OC(n2cc(C)c(=O)[nH]c2=O)CC1OP1OCCCN1C(C)C. The molecule has 3 fully saturated rings. The summed E-state index contributed by atoms with van der Waals surface area (Å²) in [5, 5.41) is 3.34. The molecule has 332 valence electrons. The second-order valence-electron chi connectivity index (χ2n) is 14.5. The lowest BCUT2D eigenvalue weighted by atomic mass is 10.2. The summed E-state index contributed by atoms with van der Waals surface area (Å²) in [5.41, 5.74) is -0.663. The normalized spacial score (nSPS) is 26.2. The van der Waals surface area contributed by atoms with Gasteiger partial charge in [-0.05, 0) is 87.8 Å². The first kappa shape index (κ1) is 44.3. The molecule has 24 heteroatoms. The molecule has 8 atom stereocenters. The Bertz CT molecular complexity index is 1930. The molecule has 3 N–H and O–H groups in total. The minimum absolute atomic E-state index is 0.178. The zero-order valence-corrected chi connectivity index (χ0v) is 38.3. The fraction of sp³-hybridized carbons (Fsp3) is 0.771. The number of hydrogen-bond donors (Lipinski definition) is 3. The van der Waals surface area contributed by atoms with Gasteiger partial charge in [-0.3, -0.25) is 28.7 Å². The second kappa shape index (κ2) is 25.7. The number of nitrogens with one attached hydrogen (secondary N) is 3. The Morgan fingerprint density at radius 3 is 2.07 bits per heavy atom. The Hall–Kier alpha value is -1.35. The molecule has 3 saturated heterocycles. The smallest absolute Gasteiger partial charge is 0.330 e. The van der Waals surface area contributed by atoms with Crippen LogP contribution >= 0.6 is 41.0 Å². The van der Waals surface area contributed by atoms with Gasteiger partial charge in [0, 0.05) is 61.7 Å².